The number of halogens is 1. The topological polar surface area (TPSA) is 31.4 Å². The number of hydrogen-bond donors (Lipinski definition) is 0. The molecule has 1 fully saturated rings. The fourth-order valence-electron chi connectivity index (χ4n) is 2.74. The monoisotopic (exact) mass is 329 g/mol. The van der Waals surface area contributed by atoms with E-state index in [-0.39, 0.29) is 11.2 Å². The summed E-state index contributed by atoms with van der Waals surface area (Å²) < 4.78 is 12.4. The highest BCUT2D eigenvalue weighted by Gasteiger charge is 2.52. The Morgan fingerprint density at radius 2 is 1.57 bits per heavy atom. The molecule has 3 nitrogen and oxygen atoms in total. The van der Waals surface area contributed by atoms with Crippen LogP contribution in [0.25, 0.3) is 11.1 Å². The largest absolute Gasteiger partial charge is 0.497 e. The molecule has 3 rings (SSSR count). The molecular formula is C18H21BClNO2. The Labute approximate surface area is 143 Å². The number of hydrogen-bond acceptors (Lipinski definition) is 3. The molecule has 1 aromatic heterocycles. The summed E-state index contributed by atoms with van der Waals surface area (Å²) in [4.78, 5) is 4.31. The normalized spacial score (nSPS) is 19.1. The third-order valence-electron chi connectivity index (χ3n) is 4.86. The highest BCUT2D eigenvalue weighted by molar-refractivity contribution is 6.64. The van der Waals surface area contributed by atoms with Gasteiger partial charge in [-0.3, -0.25) is 0 Å². The fraction of sp³-hybridized carbons (Fsp3) is 0.389. The van der Waals surface area contributed by atoms with E-state index < -0.39 is 7.12 Å². The Bertz CT molecular complexity index is 715. The van der Waals surface area contributed by atoms with E-state index in [0.29, 0.717) is 5.15 Å². The second-order valence-corrected chi connectivity index (χ2v) is 7.32. The summed E-state index contributed by atoms with van der Waals surface area (Å²) in [6.07, 6.45) is 1.76. The molecule has 0 spiro atoms. The predicted molar refractivity (Wildman–Crippen MR) is 95.1 cm³/mol. The smallest absolute Gasteiger partial charge is 0.399 e. The SMILES string of the molecule is Cc1c(Cl)ncc(B2OC(C)(C)C(C)(C)O2)c1-c1ccccc1. The summed E-state index contributed by atoms with van der Waals surface area (Å²) in [6.45, 7) is 10.2. The van der Waals surface area contributed by atoms with E-state index in [1.165, 1.54) is 0 Å². The van der Waals surface area contributed by atoms with Crippen molar-refractivity contribution in [2.24, 2.45) is 0 Å². The minimum atomic E-state index is -0.460. The van der Waals surface area contributed by atoms with Gasteiger partial charge in [0.15, 0.2) is 0 Å². The first kappa shape index (κ1) is 16.5. The van der Waals surface area contributed by atoms with E-state index >= 15 is 0 Å². The zero-order chi connectivity index (χ0) is 16.8. The van der Waals surface area contributed by atoms with Gasteiger partial charge in [-0.05, 0) is 51.3 Å². The van der Waals surface area contributed by atoms with Crippen molar-refractivity contribution in [2.45, 2.75) is 45.8 Å². The Hall–Kier alpha value is -1.36. The molecule has 1 aliphatic rings. The second-order valence-electron chi connectivity index (χ2n) is 6.96. The molecule has 0 saturated carbocycles. The van der Waals surface area contributed by atoms with Gasteiger partial charge in [-0.1, -0.05) is 41.9 Å². The highest BCUT2D eigenvalue weighted by atomic mass is 35.5. The molecule has 120 valence electrons. The van der Waals surface area contributed by atoms with Gasteiger partial charge >= 0.3 is 7.12 Å². The summed E-state index contributed by atoms with van der Waals surface area (Å²) in [5.41, 5.74) is 3.18. The molecule has 0 radical (unpaired) electrons. The van der Waals surface area contributed by atoms with E-state index in [0.717, 1.165) is 22.2 Å². The average Bonchev–Trinajstić information content (AvgIpc) is 2.71. The van der Waals surface area contributed by atoms with Crippen molar-refractivity contribution in [3.8, 4) is 11.1 Å². The fourth-order valence-corrected chi connectivity index (χ4v) is 2.89. The van der Waals surface area contributed by atoms with Crippen LogP contribution in [-0.4, -0.2) is 23.3 Å². The molecule has 23 heavy (non-hydrogen) atoms. The highest BCUT2D eigenvalue weighted by Crippen LogP contribution is 2.38. The van der Waals surface area contributed by atoms with Crippen LogP contribution < -0.4 is 5.46 Å². The first-order chi connectivity index (χ1) is 10.7. The zero-order valence-electron chi connectivity index (χ0n) is 14.2. The molecular weight excluding hydrogens is 308 g/mol. The average molecular weight is 330 g/mol. The Morgan fingerprint density at radius 3 is 2.13 bits per heavy atom. The molecule has 2 heterocycles. The van der Waals surface area contributed by atoms with Crippen LogP contribution in [0, 0.1) is 6.92 Å². The van der Waals surface area contributed by atoms with Gasteiger partial charge < -0.3 is 9.31 Å². The first-order valence-electron chi connectivity index (χ1n) is 7.79. The van der Waals surface area contributed by atoms with Gasteiger partial charge in [-0.15, -0.1) is 0 Å². The van der Waals surface area contributed by atoms with Gasteiger partial charge in [0.2, 0.25) is 0 Å². The predicted octanol–water partition coefficient (Wildman–Crippen LogP) is 4.01. The van der Waals surface area contributed by atoms with Gasteiger partial charge in [-0.2, -0.15) is 0 Å². The molecule has 1 aromatic carbocycles. The quantitative estimate of drug-likeness (QED) is 0.616. The lowest BCUT2D eigenvalue weighted by molar-refractivity contribution is 0.00578. The maximum absolute atomic E-state index is 6.26. The minimum Gasteiger partial charge on any atom is -0.399 e. The molecule has 0 amide bonds. The molecule has 1 aliphatic heterocycles. The molecule has 0 bridgehead atoms. The van der Waals surface area contributed by atoms with Crippen molar-refractivity contribution >= 4 is 24.2 Å². The van der Waals surface area contributed by atoms with E-state index in [4.69, 9.17) is 20.9 Å². The van der Waals surface area contributed by atoms with Gasteiger partial charge in [0.25, 0.3) is 0 Å². The van der Waals surface area contributed by atoms with Crippen LogP contribution in [0.3, 0.4) is 0 Å². The lowest BCUT2D eigenvalue weighted by atomic mass is 9.74. The summed E-state index contributed by atoms with van der Waals surface area (Å²) >= 11 is 6.26. The molecule has 0 unspecified atom stereocenters. The number of aromatic nitrogens is 1. The molecule has 0 aliphatic carbocycles. The number of benzene rings is 1. The first-order valence-corrected chi connectivity index (χ1v) is 8.17. The number of nitrogens with zero attached hydrogens (tertiary/aromatic N) is 1. The minimum absolute atomic E-state index is 0.390. The van der Waals surface area contributed by atoms with E-state index in [2.05, 4.69) is 17.1 Å². The molecule has 2 aromatic rings. The Kier molecular flexibility index (Phi) is 4.03. The zero-order valence-corrected chi connectivity index (χ0v) is 14.9. The summed E-state index contributed by atoms with van der Waals surface area (Å²) in [7, 11) is -0.460. The van der Waals surface area contributed by atoms with Crippen LogP contribution >= 0.6 is 11.6 Å². The lowest BCUT2D eigenvalue weighted by Gasteiger charge is -2.32. The van der Waals surface area contributed by atoms with Gasteiger partial charge in [0, 0.05) is 11.7 Å². The van der Waals surface area contributed by atoms with Crippen LogP contribution in [0.4, 0.5) is 0 Å². The second kappa shape index (κ2) is 5.62. The van der Waals surface area contributed by atoms with Crippen molar-refractivity contribution in [1.82, 2.24) is 4.98 Å². The van der Waals surface area contributed by atoms with Crippen LogP contribution in [-0.2, 0) is 9.31 Å². The number of pyridine rings is 1. The summed E-state index contributed by atoms with van der Waals surface area (Å²) in [5.74, 6) is 0. The van der Waals surface area contributed by atoms with Crippen LogP contribution in [0.15, 0.2) is 36.5 Å². The third kappa shape index (κ3) is 2.80. The van der Waals surface area contributed by atoms with E-state index in [9.17, 15) is 0 Å². The molecule has 0 atom stereocenters. The molecule has 1 saturated heterocycles. The number of rotatable bonds is 2. The van der Waals surface area contributed by atoms with Crippen LogP contribution in [0.2, 0.25) is 5.15 Å². The van der Waals surface area contributed by atoms with Gasteiger partial charge in [0.05, 0.1) is 11.2 Å². The Morgan fingerprint density at radius 1 is 1.00 bits per heavy atom. The standard InChI is InChI=1S/C18H21BClNO2/c1-12-15(13-9-7-6-8-10-13)14(11-21-16(12)20)19-22-17(2,3)18(4,5)23-19/h6-11H,1-5H3. The molecule has 5 heteroatoms. The Balaban J connectivity index is 2.13. The summed E-state index contributed by atoms with van der Waals surface area (Å²) in [5, 5.41) is 0.504. The van der Waals surface area contributed by atoms with E-state index in [1.807, 2.05) is 52.8 Å². The van der Waals surface area contributed by atoms with Gasteiger partial charge in [-0.25, -0.2) is 4.98 Å². The maximum Gasteiger partial charge on any atom is 0.497 e. The lowest BCUT2D eigenvalue weighted by Crippen LogP contribution is -2.41. The van der Waals surface area contributed by atoms with Crippen molar-refractivity contribution in [3.63, 3.8) is 0 Å². The van der Waals surface area contributed by atoms with Gasteiger partial charge in [0.1, 0.15) is 5.15 Å². The molecule has 0 N–H and O–H groups in total. The van der Waals surface area contributed by atoms with Crippen LogP contribution in [0.1, 0.15) is 33.3 Å². The summed E-state index contributed by atoms with van der Waals surface area (Å²) in [6, 6.07) is 10.1. The van der Waals surface area contributed by atoms with Crippen molar-refractivity contribution < 1.29 is 9.31 Å². The third-order valence-corrected chi connectivity index (χ3v) is 5.24. The van der Waals surface area contributed by atoms with Crippen molar-refractivity contribution in [1.29, 1.82) is 0 Å². The van der Waals surface area contributed by atoms with E-state index in [1.54, 1.807) is 6.20 Å². The van der Waals surface area contributed by atoms with Crippen molar-refractivity contribution in [2.75, 3.05) is 0 Å². The maximum atomic E-state index is 6.26. The van der Waals surface area contributed by atoms with Crippen molar-refractivity contribution in [3.05, 3.63) is 47.2 Å². The van der Waals surface area contributed by atoms with Crippen LogP contribution in [0.5, 0.6) is 0 Å².